The normalized spacial score (nSPS) is 11.0. The molecule has 4 aromatic rings. The maximum atomic E-state index is 9.49. The Morgan fingerprint density at radius 1 is 0.800 bits per heavy atom. The molecule has 124 valence electrons. The number of phenols is 1. The fraction of sp³-hybridized carbons (Fsp3) is 0.0909. The molecule has 0 bridgehead atoms. The van der Waals surface area contributed by atoms with Crippen molar-refractivity contribution in [1.29, 1.82) is 0 Å². The van der Waals surface area contributed by atoms with Gasteiger partial charge in [-0.25, -0.2) is 0 Å². The molecule has 3 heteroatoms. The Morgan fingerprint density at radius 3 is 2.20 bits per heavy atom. The third-order valence-corrected chi connectivity index (χ3v) is 5.35. The minimum atomic E-state index is 0.233. The van der Waals surface area contributed by atoms with E-state index in [1.54, 1.807) is 35.6 Å². The second-order valence-electron chi connectivity index (χ2n) is 6.22. The number of fused-ring (bicyclic) bond motifs is 1. The van der Waals surface area contributed by atoms with E-state index in [0.29, 0.717) is 5.75 Å². The Kier molecular flexibility index (Phi) is 3.94. The van der Waals surface area contributed by atoms with Crippen molar-refractivity contribution >= 4 is 21.4 Å². The van der Waals surface area contributed by atoms with Gasteiger partial charge < -0.3 is 9.84 Å². The highest BCUT2D eigenvalue weighted by Crippen LogP contribution is 2.46. The third kappa shape index (κ3) is 3.11. The van der Waals surface area contributed by atoms with Crippen molar-refractivity contribution in [3.05, 3.63) is 77.9 Å². The first-order chi connectivity index (χ1) is 12.1. The Hall–Kier alpha value is -2.78. The first-order valence-electron chi connectivity index (χ1n) is 8.17. The maximum Gasteiger partial charge on any atom is 0.153 e. The fourth-order valence-corrected chi connectivity index (χ4v) is 4.04. The number of ether oxygens (including phenoxy) is 1. The summed E-state index contributed by atoms with van der Waals surface area (Å²) >= 11 is 1.75. The Balaban J connectivity index is 1.88. The van der Waals surface area contributed by atoms with E-state index < -0.39 is 0 Å². The van der Waals surface area contributed by atoms with Crippen LogP contribution in [0, 0.1) is 13.8 Å². The van der Waals surface area contributed by atoms with E-state index in [-0.39, 0.29) is 5.75 Å². The summed E-state index contributed by atoms with van der Waals surface area (Å²) in [4.78, 5) is 1.12. The van der Waals surface area contributed by atoms with E-state index in [1.807, 2.05) is 0 Å². The van der Waals surface area contributed by atoms with Crippen LogP contribution in [0.1, 0.15) is 11.1 Å². The zero-order valence-corrected chi connectivity index (χ0v) is 14.9. The monoisotopic (exact) mass is 346 g/mol. The van der Waals surface area contributed by atoms with E-state index in [0.717, 1.165) is 21.6 Å². The molecule has 0 aliphatic carbocycles. The molecule has 3 aromatic carbocycles. The molecule has 0 spiro atoms. The minimum Gasteiger partial charge on any atom is -0.508 e. The number of hydrogen-bond donors (Lipinski definition) is 1. The van der Waals surface area contributed by atoms with Gasteiger partial charge in [-0.1, -0.05) is 35.9 Å². The van der Waals surface area contributed by atoms with Crippen molar-refractivity contribution in [1.82, 2.24) is 0 Å². The van der Waals surface area contributed by atoms with E-state index in [1.165, 1.54) is 15.8 Å². The van der Waals surface area contributed by atoms with Crippen LogP contribution in [0.2, 0.25) is 0 Å². The van der Waals surface area contributed by atoms with Gasteiger partial charge in [0.25, 0.3) is 0 Å². The van der Waals surface area contributed by atoms with Crippen LogP contribution in [-0.4, -0.2) is 5.11 Å². The highest BCUT2D eigenvalue weighted by atomic mass is 32.1. The molecular formula is C22H18O2S. The standard InChI is InChI=1S/C22H18O2S/c1-14-3-6-16(7-4-14)22-21(24-18-10-8-17(23)9-11-18)19-12-5-15(2)13-20(19)25-22/h3-13,23H,1-2H3. The van der Waals surface area contributed by atoms with Crippen LogP contribution >= 0.6 is 11.3 Å². The Labute approximate surface area is 151 Å². The zero-order valence-electron chi connectivity index (χ0n) is 14.1. The number of rotatable bonds is 3. The SMILES string of the molecule is Cc1ccc(-c2sc3cc(C)ccc3c2Oc2ccc(O)cc2)cc1. The van der Waals surface area contributed by atoms with Gasteiger partial charge >= 0.3 is 0 Å². The van der Waals surface area contributed by atoms with E-state index in [9.17, 15) is 5.11 Å². The van der Waals surface area contributed by atoms with Crippen molar-refractivity contribution in [2.45, 2.75) is 13.8 Å². The number of phenolic OH excluding ortho intramolecular Hbond substituents is 1. The molecule has 1 heterocycles. The number of aryl methyl sites for hydroxylation is 2. The van der Waals surface area contributed by atoms with Crippen LogP contribution in [0.15, 0.2) is 66.7 Å². The molecule has 0 fully saturated rings. The van der Waals surface area contributed by atoms with Crippen LogP contribution in [0.25, 0.3) is 20.5 Å². The Morgan fingerprint density at radius 2 is 1.48 bits per heavy atom. The number of aromatic hydroxyl groups is 1. The van der Waals surface area contributed by atoms with Crippen LogP contribution in [0.5, 0.6) is 17.2 Å². The molecule has 0 unspecified atom stereocenters. The number of hydrogen-bond acceptors (Lipinski definition) is 3. The summed E-state index contributed by atoms with van der Waals surface area (Å²) in [5, 5.41) is 10.6. The van der Waals surface area contributed by atoms with Crippen LogP contribution in [0.3, 0.4) is 0 Å². The topological polar surface area (TPSA) is 29.5 Å². The summed E-state index contributed by atoms with van der Waals surface area (Å²) in [7, 11) is 0. The first-order valence-corrected chi connectivity index (χ1v) is 8.99. The second kappa shape index (κ2) is 6.26. The van der Waals surface area contributed by atoms with Crippen LogP contribution in [0.4, 0.5) is 0 Å². The maximum absolute atomic E-state index is 9.49. The molecular weight excluding hydrogens is 328 g/mol. The highest BCUT2D eigenvalue weighted by molar-refractivity contribution is 7.22. The van der Waals surface area contributed by atoms with E-state index >= 15 is 0 Å². The fourth-order valence-electron chi connectivity index (χ4n) is 2.81. The van der Waals surface area contributed by atoms with Crippen molar-refractivity contribution in [2.24, 2.45) is 0 Å². The molecule has 1 N–H and O–H groups in total. The van der Waals surface area contributed by atoms with Crippen molar-refractivity contribution in [3.8, 4) is 27.7 Å². The number of benzene rings is 3. The average molecular weight is 346 g/mol. The minimum absolute atomic E-state index is 0.233. The smallest absolute Gasteiger partial charge is 0.153 e. The third-order valence-electron chi connectivity index (χ3n) is 4.17. The van der Waals surface area contributed by atoms with Crippen molar-refractivity contribution in [3.63, 3.8) is 0 Å². The first kappa shape index (κ1) is 15.7. The molecule has 0 saturated carbocycles. The second-order valence-corrected chi connectivity index (χ2v) is 7.27. The summed E-state index contributed by atoms with van der Waals surface area (Å²) in [5.41, 5.74) is 3.63. The predicted molar refractivity (Wildman–Crippen MR) is 105 cm³/mol. The summed E-state index contributed by atoms with van der Waals surface area (Å²) in [6.45, 7) is 4.19. The number of thiophene rings is 1. The lowest BCUT2D eigenvalue weighted by atomic mass is 10.1. The summed E-state index contributed by atoms with van der Waals surface area (Å²) in [5.74, 6) is 1.82. The van der Waals surface area contributed by atoms with E-state index in [2.05, 4.69) is 56.3 Å². The van der Waals surface area contributed by atoms with Gasteiger partial charge in [0.05, 0.1) is 4.88 Å². The molecule has 0 amide bonds. The van der Waals surface area contributed by atoms with Gasteiger partial charge in [0.15, 0.2) is 5.75 Å². The molecule has 4 rings (SSSR count). The molecule has 0 radical (unpaired) electrons. The van der Waals surface area contributed by atoms with Crippen LogP contribution < -0.4 is 4.74 Å². The Bertz CT molecular complexity index is 1030. The summed E-state index contributed by atoms with van der Waals surface area (Å²) < 4.78 is 7.45. The highest BCUT2D eigenvalue weighted by Gasteiger charge is 2.16. The molecule has 25 heavy (non-hydrogen) atoms. The van der Waals surface area contributed by atoms with Gasteiger partial charge in [-0.15, -0.1) is 11.3 Å². The summed E-state index contributed by atoms with van der Waals surface area (Å²) in [6.07, 6.45) is 0. The van der Waals surface area contributed by atoms with Gasteiger partial charge in [0, 0.05) is 10.1 Å². The molecule has 0 aliphatic heterocycles. The molecule has 1 aromatic heterocycles. The van der Waals surface area contributed by atoms with E-state index in [4.69, 9.17) is 4.74 Å². The predicted octanol–water partition coefficient (Wildman–Crippen LogP) is 6.68. The van der Waals surface area contributed by atoms with Crippen LogP contribution in [-0.2, 0) is 0 Å². The lowest BCUT2D eigenvalue weighted by molar-refractivity contribution is 0.467. The van der Waals surface area contributed by atoms with Gasteiger partial charge in [0.1, 0.15) is 11.5 Å². The van der Waals surface area contributed by atoms with Gasteiger partial charge in [-0.3, -0.25) is 0 Å². The molecule has 2 nitrogen and oxygen atoms in total. The zero-order chi connectivity index (χ0) is 17.4. The van der Waals surface area contributed by atoms with Gasteiger partial charge in [0.2, 0.25) is 0 Å². The largest absolute Gasteiger partial charge is 0.508 e. The molecule has 0 atom stereocenters. The van der Waals surface area contributed by atoms with Gasteiger partial charge in [-0.2, -0.15) is 0 Å². The average Bonchev–Trinajstić information content (AvgIpc) is 2.95. The molecule has 0 aliphatic rings. The van der Waals surface area contributed by atoms with Crippen molar-refractivity contribution in [2.75, 3.05) is 0 Å². The summed E-state index contributed by atoms with van der Waals surface area (Å²) in [6, 6.07) is 21.8. The van der Waals surface area contributed by atoms with Gasteiger partial charge in [-0.05, 0) is 61.4 Å². The van der Waals surface area contributed by atoms with Crippen molar-refractivity contribution < 1.29 is 9.84 Å². The lowest BCUT2D eigenvalue weighted by Crippen LogP contribution is -1.85. The quantitative estimate of drug-likeness (QED) is 0.448. The molecule has 0 saturated heterocycles. The lowest BCUT2D eigenvalue weighted by Gasteiger charge is -2.08.